The van der Waals surface area contributed by atoms with Gasteiger partial charge in [0.25, 0.3) is 0 Å². The fourth-order valence-electron chi connectivity index (χ4n) is 4.64. The molecule has 5 heteroatoms. The summed E-state index contributed by atoms with van der Waals surface area (Å²) in [7, 11) is 0. The van der Waals surface area contributed by atoms with E-state index >= 15 is 0 Å². The van der Waals surface area contributed by atoms with Crippen molar-refractivity contribution in [2.45, 2.75) is 59.8 Å². The molecule has 0 bridgehead atoms. The maximum absolute atomic E-state index is 12.7. The van der Waals surface area contributed by atoms with Crippen molar-refractivity contribution >= 4 is 11.7 Å². The van der Waals surface area contributed by atoms with Gasteiger partial charge in [-0.1, -0.05) is 50.1 Å². The molecule has 2 aliphatic rings. The van der Waals surface area contributed by atoms with Crippen molar-refractivity contribution in [2.75, 3.05) is 31.1 Å². The number of carbonyl (C=O) groups is 1. The van der Waals surface area contributed by atoms with Gasteiger partial charge in [0.15, 0.2) is 0 Å². The summed E-state index contributed by atoms with van der Waals surface area (Å²) in [5, 5.41) is 0. The van der Waals surface area contributed by atoms with Crippen LogP contribution in [0.2, 0.25) is 0 Å². The van der Waals surface area contributed by atoms with E-state index in [0.29, 0.717) is 11.8 Å². The number of amides is 1. The Morgan fingerprint density at radius 3 is 2.45 bits per heavy atom. The van der Waals surface area contributed by atoms with Crippen molar-refractivity contribution < 1.29 is 4.79 Å². The number of piperazine rings is 1. The summed E-state index contributed by atoms with van der Waals surface area (Å²) in [5.41, 5.74) is 4.87. The summed E-state index contributed by atoms with van der Waals surface area (Å²) in [5.74, 6) is 3.17. The number of rotatable bonds is 6. The van der Waals surface area contributed by atoms with Gasteiger partial charge < -0.3 is 9.80 Å². The molecule has 31 heavy (non-hydrogen) atoms. The molecule has 1 saturated carbocycles. The Morgan fingerprint density at radius 1 is 1.10 bits per heavy atom. The van der Waals surface area contributed by atoms with E-state index in [9.17, 15) is 4.79 Å². The molecule has 5 nitrogen and oxygen atoms in total. The predicted octanol–water partition coefficient (Wildman–Crippen LogP) is 4.33. The molecule has 0 atom stereocenters. The minimum absolute atomic E-state index is 0.280. The van der Waals surface area contributed by atoms with Crippen LogP contribution in [0.4, 0.5) is 5.82 Å². The van der Waals surface area contributed by atoms with Crippen molar-refractivity contribution in [3.05, 3.63) is 52.5 Å². The molecule has 1 amide bonds. The van der Waals surface area contributed by atoms with Crippen molar-refractivity contribution in [1.29, 1.82) is 0 Å². The Bertz CT molecular complexity index is 927. The van der Waals surface area contributed by atoms with Crippen LogP contribution in [-0.2, 0) is 17.6 Å². The number of aromatic nitrogens is 2. The van der Waals surface area contributed by atoms with E-state index in [-0.39, 0.29) is 5.92 Å². The topological polar surface area (TPSA) is 49.3 Å². The molecule has 0 N–H and O–H groups in total. The highest BCUT2D eigenvalue weighted by atomic mass is 16.2. The summed E-state index contributed by atoms with van der Waals surface area (Å²) < 4.78 is 0. The van der Waals surface area contributed by atoms with Gasteiger partial charge in [0, 0.05) is 56.2 Å². The third-order valence-corrected chi connectivity index (χ3v) is 6.64. The zero-order valence-electron chi connectivity index (χ0n) is 19.5. The highest BCUT2D eigenvalue weighted by Gasteiger charge is 2.32. The number of anilines is 1. The molecule has 1 aromatic heterocycles. The molecule has 2 aromatic rings. The Kier molecular flexibility index (Phi) is 6.59. The number of carbonyl (C=O) groups excluding carboxylic acids is 1. The third kappa shape index (κ3) is 5.08. The second-order valence-corrected chi connectivity index (χ2v) is 9.73. The van der Waals surface area contributed by atoms with Crippen molar-refractivity contribution in [3.8, 4) is 0 Å². The van der Waals surface area contributed by atoms with Crippen molar-refractivity contribution in [3.63, 3.8) is 0 Å². The summed E-state index contributed by atoms with van der Waals surface area (Å²) in [6.07, 6.45) is 5.08. The fourth-order valence-corrected chi connectivity index (χ4v) is 4.64. The van der Waals surface area contributed by atoms with Crippen LogP contribution in [0.5, 0.6) is 0 Å². The van der Waals surface area contributed by atoms with Gasteiger partial charge >= 0.3 is 0 Å². The predicted molar refractivity (Wildman–Crippen MR) is 125 cm³/mol. The minimum Gasteiger partial charge on any atom is -0.353 e. The lowest BCUT2D eigenvalue weighted by Crippen LogP contribution is -2.51. The molecule has 2 heterocycles. The number of aryl methyl sites for hydroxylation is 2. The first kappa shape index (κ1) is 21.8. The minimum atomic E-state index is 0.280. The Morgan fingerprint density at radius 2 is 1.84 bits per heavy atom. The maximum Gasteiger partial charge on any atom is 0.225 e. The molecule has 1 aromatic carbocycles. The van der Waals surface area contributed by atoms with Gasteiger partial charge in [-0.05, 0) is 38.2 Å². The number of benzene rings is 1. The summed E-state index contributed by atoms with van der Waals surface area (Å²) in [4.78, 5) is 27.1. The van der Waals surface area contributed by atoms with Crippen LogP contribution in [0.1, 0.15) is 61.3 Å². The lowest BCUT2D eigenvalue weighted by Gasteiger charge is -2.39. The SMILES string of the molecule is Cc1cccc(Cc2c(C)nc(CC(C)C)nc2N2CCN(C(=O)C3CCC3)CC2)c1. The van der Waals surface area contributed by atoms with Crippen LogP contribution in [0.25, 0.3) is 0 Å². The standard InChI is InChI=1S/C26H36N4O/c1-18(2)15-24-27-20(4)23(17-21-8-5-7-19(3)16-21)25(28-24)29-11-13-30(14-12-29)26(31)22-9-6-10-22/h5,7-8,16,18,22H,6,9-15,17H2,1-4H3. The maximum atomic E-state index is 12.7. The van der Waals surface area contributed by atoms with E-state index in [0.717, 1.165) is 69.2 Å². The van der Waals surface area contributed by atoms with Gasteiger partial charge in [0.05, 0.1) is 0 Å². The van der Waals surface area contributed by atoms with Crippen LogP contribution in [0.15, 0.2) is 24.3 Å². The molecule has 4 rings (SSSR count). The van der Waals surface area contributed by atoms with E-state index in [1.54, 1.807) is 0 Å². The van der Waals surface area contributed by atoms with Crippen LogP contribution in [-0.4, -0.2) is 47.0 Å². The Hall–Kier alpha value is -2.43. The van der Waals surface area contributed by atoms with E-state index in [1.807, 2.05) is 0 Å². The summed E-state index contributed by atoms with van der Waals surface area (Å²) in [6, 6.07) is 8.70. The number of nitrogens with zero attached hydrogens (tertiary/aromatic N) is 4. The van der Waals surface area contributed by atoms with Crippen LogP contribution < -0.4 is 4.90 Å². The normalized spacial score (nSPS) is 17.2. The zero-order chi connectivity index (χ0) is 22.0. The summed E-state index contributed by atoms with van der Waals surface area (Å²) in [6.45, 7) is 12.0. The van der Waals surface area contributed by atoms with Crippen LogP contribution in [0.3, 0.4) is 0 Å². The fraction of sp³-hybridized carbons (Fsp3) is 0.577. The molecule has 0 unspecified atom stereocenters. The van der Waals surface area contributed by atoms with E-state index in [2.05, 4.69) is 61.8 Å². The molecule has 1 aliphatic heterocycles. The first-order chi connectivity index (χ1) is 14.9. The quantitative estimate of drug-likeness (QED) is 0.698. The molecule has 1 aliphatic carbocycles. The molecule has 1 saturated heterocycles. The number of hydrogen-bond donors (Lipinski definition) is 0. The smallest absolute Gasteiger partial charge is 0.225 e. The average Bonchev–Trinajstić information content (AvgIpc) is 2.68. The van der Waals surface area contributed by atoms with Gasteiger partial charge in [-0.2, -0.15) is 0 Å². The van der Waals surface area contributed by atoms with Gasteiger partial charge in [-0.15, -0.1) is 0 Å². The first-order valence-corrected chi connectivity index (χ1v) is 11.9. The first-order valence-electron chi connectivity index (χ1n) is 11.9. The van der Waals surface area contributed by atoms with Crippen molar-refractivity contribution in [1.82, 2.24) is 14.9 Å². The van der Waals surface area contributed by atoms with E-state index in [1.165, 1.54) is 23.1 Å². The monoisotopic (exact) mass is 420 g/mol. The molecule has 2 fully saturated rings. The molecular formula is C26H36N4O. The lowest BCUT2D eigenvalue weighted by molar-refractivity contribution is -0.138. The highest BCUT2D eigenvalue weighted by molar-refractivity contribution is 5.80. The second-order valence-electron chi connectivity index (χ2n) is 9.73. The lowest BCUT2D eigenvalue weighted by atomic mass is 9.84. The molecular weight excluding hydrogens is 384 g/mol. The van der Waals surface area contributed by atoms with Crippen molar-refractivity contribution in [2.24, 2.45) is 11.8 Å². The van der Waals surface area contributed by atoms with Gasteiger partial charge in [0.2, 0.25) is 5.91 Å². The average molecular weight is 421 g/mol. The van der Waals surface area contributed by atoms with E-state index < -0.39 is 0 Å². The molecule has 0 spiro atoms. The van der Waals surface area contributed by atoms with Gasteiger partial charge in [0.1, 0.15) is 11.6 Å². The Labute approximate surface area is 186 Å². The molecule has 0 radical (unpaired) electrons. The second kappa shape index (κ2) is 9.37. The Balaban J connectivity index is 1.58. The number of hydrogen-bond acceptors (Lipinski definition) is 4. The van der Waals surface area contributed by atoms with Crippen LogP contribution >= 0.6 is 0 Å². The largest absolute Gasteiger partial charge is 0.353 e. The van der Waals surface area contributed by atoms with Crippen LogP contribution in [0, 0.1) is 25.7 Å². The third-order valence-electron chi connectivity index (χ3n) is 6.64. The van der Waals surface area contributed by atoms with Gasteiger partial charge in [-0.25, -0.2) is 9.97 Å². The van der Waals surface area contributed by atoms with E-state index in [4.69, 9.17) is 9.97 Å². The zero-order valence-corrected chi connectivity index (χ0v) is 19.5. The highest BCUT2D eigenvalue weighted by Crippen LogP contribution is 2.30. The summed E-state index contributed by atoms with van der Waals surface area (Å²) >= 11 is 0. The van der Waals surface area contributed by atoms with Gasteiger partial charge in [-0.3, -0.25) is 4.79 Å². The molecule has 166 valence electrons.